The molecule has 0 aromatic heterocycles. The van der Waals surface area contributed by atoms with Crippen molar-refractivity contribution in [3.05, 3.63) is 84.4 Å². The van der Waals surface area contributed by atoms with E-state index in [9.17, 15) is 19.5 Å². The third-order valence-electron chi connectivity index (χ3n) is 8.46. The fourth-order valence-corrected chi connectivity index (χ4v) is 5.73. The number of likely N-dealkylation sites (tertiary alicyclic amines) is 1. The lowest BCUT2D eigenvalue weighted by Gasteiger charge is -2.31. The number of hydrogen-bond donors (Lipinski definition) is 4. The summed E-state index contributed by atoms with van der Waals surface area (Å²) < 4.78 is 5.74. The number of ether oxygens (including phenoxy) is 1. The molecule has 1 heterocycles. The second-order valence-corrected chi connectivity index (χ2v) is 12.0. The zero-order valence-electron chi connectivity index (χ0n) is 27.5. The van der Waals surface area contributed by atoms with E-state index in [2.05, 4.69) is 25.8 Å². The minimum Gasteiger partial charge on any atom is -0.508 e. The summed E-state index contributed by atoms with van der Waals surface area (Å²) in [6, 6.07) is 24.8. The van der Waals surface area contributed by atoms with E-state index in [1.165, 1.54) is 0 Å². The number of para-hydroxylation sites is 1. The average Bonchev–Trinajstić information content (AvgIpc) is 3.09. The van der Waals surface area contributed by atoms with E-state index in [1.807, 2.05) is 66.7 Å². The van der Waals surface area contributed by atoms with Gasteiger partial charge in [0, 0.05) is 64.7 Å². The number of unbranched alkanes of at least 4 members (excludes halogenated alkanes) is 2. The quantitative estimate of drug-likeness (QED) is 0.146. The molecule has 0 atom stereocenters. The van der Waals surface area contributed by atoms with Crippen molar-refractivity contribution < 1.29 is 24.2 Å². The predicted molar refractivity (Wildman–Crippen MR) is 185 cm³/mol. The van der Waals surface area contributed by atoms with Gasteiger partial charge in [0.25, 0.3) is 0 Å². The Hall–Kier alpha value is -4.41. The number of anilines is 1. The third kappa shape index (κ3) is 12.7. The van der Waals surface area contributed by atoms with Crippen LogP contribution in [0.5, 0.6) is 5.75 Å². The molecule has 252 valence electrons. The summed E-state index contributed by atoms with van der Waals surface area (Å²) in [6.45, 7) is 5.14. The Kier molecular flexibility index (Phi) is 14.6. The number of aromatic hydroxyl groups is 1. The summed E-state index contributed by atoms with van der Waals surface area (Å²) in [5.74, 6) is 0.315. The van der Waals surface area contributed by atoms with Crippen LogP contribution < -0.4 is 16.0 Å². The van der Waals surface area contributed by atoms with Crippen LogP contribution in [0, 0.1) is 0 Å². The maximum atomic E-state index is 12.7. The Bertz CT molecular complexity index is 1390. The van der Waals surface area contributed by atoms with Gasteiger partial charge in [-0.2, -0.15) is 0 Å². The fraction of sp³-hybridized carbons (Fsp3) is 0.432. The summed E-state index contributed by atoms with van der Waals surface area (Å²) in [7, 11) is 1.65. The van der Waals surface area contributed by atoms with Crippen molar-refractivity contribution in [3.8, 4) is 16.9 Å². The molecule has 3 aromatic carbocycles. The van der Waals surface area contributed by atoms with Crippen LogP contribution in [0.4, 0.5) is 10.5 Å². The average molecular weight is 644 g/mol. The highest BCUT2D eigenvalue weighted by molar-refractivity contribution is 5.91. The normalized spacial score (nSPS) is 13.7. The van der Waals surface area contributed by atoms with Gasteiger partial charge in [0.2, 0.25) is 11.8 Å². The van der Waals surface area contributed by atoms with Gasteiger partial charge in [0.05, 0.1) is 5.69 Å². The number of nitrogens with one attached hydrogen (secondary N) is 3. The van der Waals surface area contributed by atoms with Crippen molar-refractivity contribution in [3.63, 3.8) is 0 Å². The number of carbonyl (C=O) groups excluding carboxylic acids is 3. The lowest BCUT2D eigenvalue weighted by molar-refractivity contribution is -0.122. The highest BCUT2D eigenvalue weighted by atomic mass is 16.6. The molecule has 10 nitrogen and oxygen atoms in total. The summed E-state index contributed by atoms with van der Waals surface area (Å²) in [5, 5.41) is 18.2. The Morgan fingerprint density at radius 1 is 0.851 bits per heavy atom. The largest absolute Gasteiger partial charge is 0.508 e. The van der Waals surface area contributed by atoms with E-state index in [4.69, 9.17) is 4.74 Å². The van der Waals surface area contributed by atoms with Crippen LogP contribution in [0.2, 0.25) is 0 Å². The van der Waals surface area contributed by atoms with Crippen LogP contribution in [0.25, 0.3) is 11.1 Å². The molecule has 3 amide bonds. The van der Waals surface area contributed by atoms with Crippen LogP contribution in [-0.4, -0.2) is 85.2 Å². The number of rotatable bonds is 17. The van der Waals surface area contributed by atoms with E-state index >= 15 is 0 Å². The zero-order chi connectivity index (χ0) is 33.3. The van der Waals surface area contributed by atoms with Gasteiger partial charge in [-0.3, -0.25) is 19.8 Å². The first kappa shape index (κ1) is 35.4. The molecule has 1 saturated heterocycles. The van der Waals surface area contributed by atoms with Crippen LogP contribution >= 0.6 is 0 Å². The van der Waals surface area contributed by atoms with Crippen molar-refractivity contribution in [2.24, 2.45) is 0 Å². The topological polar surface area (TPSA) is 123 Å². The molecule has 1 aliphatic heterocycles. The Balaban J connectivity index is 1.06. The number of benzene rings is 3. The highest BCUT2D eigenvalue weighted by Gasteiger charge is 2.23. The summed E-state index contributed by atoms with van der Waals surface area (Å²) in [5.41, 5.74) is 3.79. The lowest BCUT2D eigenvalue weighted by Crippen LogP contribution is -2.40. The van der Waals surface area contributed by atoms with Gasteiger partial charge in [-0.05, 0) is 61.6 Å². The molecule has 0 spiro atoms. The van der Waals surface area contributed by atoms with E-state index in [0.717, 1.165) is 74.1 Å². The van der Waals surface area contributed by atoms with Crippen LogP contribution in [0.3, 0.4) is 0 Å². The van der Waals surface area contributed by atoms with Gasteiger partial charge in [0.15, 0.2) is 0 Å². The molecule has 4 N–H and O–H groups in total. The molecule has 0 unspecified atom stereocenters. The highest BCUT2D eigenvalue weighted by Crippen LogP contribution is 2.28. The second kappa shape index (κ2) is 19.3. The van der Waals surface area contributed by atoms with Crippen molar-refractivity contribution in [2.75, 3.05) is 51.6 Å². The lowest BCUT2D eigenvalue weighted by atomic mass is 10.0. The first-order valence-corrected chi connectivity index (χ1v) is 16.7. The van der Waals surface area contributed by atoms with Crippen molar-refractivity contribution in [2.45, 2.75) is 57.6 Å². The SMILES string of the molecule is CNC(=O)CCN(CCCCCNC(=O)CCN1CCC(OC(=O)Nc2ccccc2-c2ccccc2)CC1)Cc1ccc(O)cc1. The van der Waals surface area contributed by atoms with Gasteiger partial charge in [-0.1, -0.05) is 67.1 Å². The van der Waals surface area contributed by atoms with Crippen molar-refractivity contribution in [1.82, 2.24) is 20.4 Å². The number of amides is 3. The minimum atomic E-state index is -0.444. The summed E-state index contributed by atoms with van der Waals surface area (Å²) in [6.07, 6.45) is 4.61. The molecular weight excluding hydrogens is 594 g/mol. The minimum absolute atomic E-state index is 0.0187. The molecule has 1 aliphatic rings. The second-order valence-electron chi connectivity index (χ2n) is 12.0. The maximum absolute atomic E-state index is 12.7. The molecular formula is C37H49N5O5. The van der Waals surface area contributed by atoms with E-state index < -0.39 is 6.09 Å². The number of nitrogens with zero attached hydrogens (tertiary/aromatic N) is 2. The molecule has 47 heavy (non-hydrogen) atoms. The number of carbonyl (C=O) groups is 3. The number of hydrogen-bond acceptors (Lipinski definition) is 7. The molecule has 0 aliphatic carbocycles. The molecule has 0 radical (unpaired) electrons. The molecule has 3 aromatic rings. The number of phenolic OH excluding ortho intramolecular Hbond substituents is 1. The van der Waals surface area contributed by atoms with Crippen LogP contribution in [0.15, 0.2) is 78.9 Å². The third-order valence-corrected chi connectivity index (χ3v) is 8.46. The zero-order valence-corrected chi connectivity index (χ0v) is 27.5. The first-order chi connectivity index (χ1) is 22.9. The maximum Gasteiger partial charge on any atom is 0.411 e. The Morgan fingerprint density at radius 3 is 2.32 bits per heavy atom. The number of phenols is 1. The Morgan fingerprint density at radius 2 is 1.57 bits per heavy atom. The predicted octanol–water partition coefficient (Wildman–Crippen LogP) is 5.39. The summed E-state index contributed by atoms with van der Waals surface area (Å²) >= 11 is 0. The summed E-state index contributed by atoms with van der Waals surface area (Å²) in [4.78, 5) is 41.4. The van der Waals surface area contributed by atoms with E-state index in [1.54, 1.807) is 19.2 Å². The molecule has 0 bridgehead atoms. The van der Waals surface area contributed by atoms with Gasteiger partial charge in [-0.15, -0.1) is 0 Å². The molecule has 0 saturated carbocycles. The monoisotopic (exact) mass is 643 g/mol. The van der Waals surface area contributed by atoms with Gasteiger partial charge >= 0.3 is 6.09 Å². The molecule has 1 fully saturated rings. The van der Waals surface area contributed by atoms with E-state index in [0.29, 0.717) is 39.0 Å². The van der Waals surface area contributed by atoms with Gasteiger partial charge in [-0.25, -0.2) is 4.79 Å². The molecule has 10 heteroatoms. The van der Waals surface area contributed by atoms with Gasteiger partial charge < -0.3 is 25.4 Å². The van der Waals surface area contributed by atoms with Crippen molar-refractivity contribution >= 4 is 23.6 Å². The Labute approximate surface area is 278 Å². The van der Waals surface area contributed by atoms with Crippen LogP contribution in [0.1, 0.15) is 50.5 Å². The first-order valence-electron chi connectivity index (χ1n) is 16.7. The smallest absolute Gasteiger partial charge is 0.411 e. The fourth-order valence-electron chi connectivity index (χ4n) is 5.73. The molecule has 4 rings (SSSR count). The van der Waals surface area contributed by atoms with E-state index in [-0.39, 0.29) is 23.7 Å². The van der Waals surface area contributed by atoms with Crippen molar-refractivity contribution in [1.29, 1.82) is 0 Å². The van der Waals surface area contributed by atoms with Crippen LogP contribution in [-0.2, 0) is 20.9 Å². The van der Waals surface area contributed by atoms with Gasteiger partial charge in [0.1, 0.15) is 11.9 Å². The number of piperidine rings is 1. The standard InChI is InChI=1S/C37H49N5O5/c1-38-35(44)20-27-42(28-29-14-16-31(43)17-15-29)23-9-3-8-22-39-36(45)21-26-41-24-18-32(19-25-41)47-37(46)40-34-13-7-6-12-33(34)30-10-4-2-5-11-30/h2,4-7,10-17,32,43H,3,8-9,18-28H2,1H3,(H,38,44)(H,39,45)(H,40,46).